The number of hydrogen-bond donors (Lipinski definition) is 3. The van der Waals surface area contributed by atoms with Gasteiger partial charge in [-0.1, -0.05) is 6.07 Å². The first-order valence-electron chi connectivity index (χ1n) is 10.9. The highest BCUT2D eigenvalue weighted by Gasteiger charge is 2.43. The number of aryl methyl sites for hydroxylation is 2. The number of fused-ring (bicyclic) bond motifs is 1. The monoisotopic (exact) mass is 449 g/mol. The second kappa shape index (κ2) is 9.40. The van der Waals surface area contributed by atoms with E-state index in [4.69, 9.17) is 4.74 Å². The zero-order valence-electron chi connectivity index (χ0n) is 18.1. The van der Waals surface area contributed by atoms with Crippen LogP contribution in [0.4, 0.5) is 23.3 Å². The van der Waals surface area contributed by atoms with E-state index in [0.717, 1.165) is 42.6 Å². The van der Waals surface area contributed by atoms with Crippen LogP contribution in [0.1, 0.15) is 17.7 Å². The highest BCUT2D eigenvalue weighted by molar-refractivity contribution is 7.98. The molecule has 9 heteroatoms. The predicted octanol–water partition coefficient (Wildman–Crippen LogP) is 3.57. The zero-order chi connectivity index (χ0) is 21.8. The van der Waals surface area contributed by atoms with Crippen molar-refractivity contribution in [2.75, 3.05) is 43.2 Å². The Bertz CT molecular complexity index is 1070. The lowest BCUT2D eigenvalue weighted by molar-refractivity contribution is -0.139. The molecule has 2 fully saturated rings. The molecule has 0 radical (unpaired) electrons. The SMILES string of the molecule is C1NCC12COC2.CSc1cccnc1Nc1cc(Nc2ccc3c(n2)CCC3)ncn1. The van der Waals surface area contributed by atoms with Crippen molar-refractivity contribution < 1.29 is 4.74 Å². The molecule has 2 aliphatic heterocycles. The standard InChI is InChI=1S/C18H18N6S.C5H9NO/c1-25-14-6-3-9-19-18(14)24-17-10-16(20-11-21-17)23-15-8-7-12-4-2-5-13(12)22-15;1-5(2-6-1)3-7-4-5/h3,6-11H,2,4-5H2,1H3,(H2,19,20,21,22,23,24);6H,1-4H2. The van der Waals surface area contributed by atoms with Crippen LogP contribution in [-0.2, 0) is 17.6 Å². The molecule has 0 aromatic carbocycles. The van der Waals surface area contributed by atoms with Gasteiger partial charge in [-0.05, 0) is 49.3 Å². The smallest absolute Gasteiger partial charge is 0.145 e. The van der Waals surface area contributed by atoms with E-state index in [9.17, 15) is 0 Å². The quantitative estimate of drug-likeness (QED) is 0.505. The van der Waals surface area contributed by atoms with E-state index in [1.54, 1.807) is 18.0 Å². The molecule has 0 saturated carbocycles. The molecule has 8 nitrogen and oxygen atoms in total. The number of nitrogens with zero attached hydrogens (tertiary/aromatic N) is 4. The van der Waals surface area contributed by atoms with Gasteiger partial charge in [-0.25, -0.2) is 19.9 Å². The number of ether oxygens (including phenoxy) is 1. The third-order valence-corrected chi connectivity index (χ3v) is 6.67. The van der Waals surface area contributed by atoms with Gasteiger partial charge in [0.2, 0.25) is 0 Å². The van der Waals surface area contributed by atoms with Crippen LogP contribution in [0.2, 0.25) is 0 Å². The maximum absolute atomic E-state index is 5.04. The topological polar surface area (TPSA) is 96.9 Å². The first-order chi connectivity index (χ1) is 15.7. The number of aromatic nitrogens is 4. The van der Waals surface area contributed by atoms with Crippen molar-refractivity contribution in [3.63, 3.8) is 0 Å². The molecule has 3 aromatic heterocycles. The van der Waals surface area contributed by atoms with Crippen LogP contribution in [-0.4, -0.2) is 52.5 Å². The highest BCUT2D eigenvalue weighted by Crippen LogP contribution is 2.30. The minimum absolute atomic E-state index is 0.611. The van der Waals surface area contributed by atoms with E-state index in [1.165, 1.54) is 37.1 Å². The van der Waals surface area contributed by atoms with Crippen molar-refractivity contribution in [1.82, 2.24) is 25.3 Å². The molecular formula is C23H27N7OS. The Morgan fingerprint density at radius 1 is 1.00 bits per heavy atom. The predicted molar refractivity (Wildman–Crippen MR) is 127 cm³/mol. The van der Waals surface area contributed by atoms with Crippen LogP contribution in [0.3, 0.4) is 0 Å². The average molecular weight is 450 g/mol. The van der Waals surface area contributed by atoms with Gasteiger partial charge in [0.15, 0.2) is 0 Å². The second-order valence-electron chi connectivity index (χ2n) is 8.34. The minimum atomic E-state index is 0.611. The van der Waals surface area contributed by atoms with E-state index in [0.29, 0.717) is 17.1 Å². The zero-order valence-corrected chi connectivity index (χ0v) is 18.9. The van der Waals surface area contributed by atoms with E-state index < -0.39 is 0 Å². The fourth-order valence-electron chi connectivity index (χ4n) is 3.96. The number of thioether (sulfide) groups is 1. The molecule has 166 valence electrons. The Labute approximate surface area is 192 Å². The number of nitrogens with one attached hydrogen (secondary N) is 3. The van der Waals surface area contributed by atoms with Crippen LogP contribution in [0, 0.1) is 5.41 Å². The third-order valence-electron chi connectivity index (χ3n) is 5.90. The summed E-state index contributed by atoms with van der Waals surface area (Å²) in [5.74, 6) is 2.99. The summed E-state index contributed by atoms with van der Waals surface area (Å²) >= 11 is 1.64. The van der Waals surface area contributed by atoms with Crippen LogP contribution in [0.15, 0.2) is 47.8 Å². The van der Waals surface area contributed by atoms with Gasteiger partial charge in [0.25, 0.3) is 0 Å². The lowest BCUT2D eigenvalue weighted by atomic mass is 9.80. The van der Waals surface area contributed by atoms with Gasteiger partial charge < -0.3 is 20.7 Å². The lowest BCUT2D eigenvalue weighted by Gasteiger charge is -2.48. The summed E-state index contributed by atoms with van der Waals surface area (Å²) < 4.78 is 5.04. The minimum Gasteiger partial charge on any atom is -0.380 e. The molecule has 3 aliphatic rings. The van der Waals surface area contributed by atoms with Crippen molar-refractivity contribution in [3.05, 3.63) is 54.1 Å². The van der Waals surface area contributed by atoms with Gasteiger partial charge in [-0.2, -0.15) is 0 Å². The maximum Gasteiger partial charge on any atom is 0.145 e. The molecule has 1 spiro atoms. The summed E-state index contributed by atoms with van der Waals surface area (Å²) in [7, 11) is 0. The second-order valence-corrected chi connectivity index (χ2v) is 9.19. The van der Waals surface area contributed by atoms with Gasteiger partial charge in [0.05, 0.1) is 13.2 Å². The van der Waals surface area contributed by atoms with Gasteiger partial charge in [-0.3, -0.25) is 0 Å². The van der Waals surface area contributed by atoms with Gasteiger partial charge in [-0.15, -0.1) is 11.8 Å². The van der Waals surface area contributed by atoms with Crippen molar-refractivity contribution in [2.24, 2.45) is 5.41 Å². The Kier molecular flexibility index (Phi) is 6.20. The molecule has 32 heavy (non-hydrogen) atoms. The van der Waals surface area contributed by atoms with E-state index >= 15 is 0 Å². The van der Waals surface area contributed by atoms with Gasteiger partial charge >= 0.3 is 0 Å². The van der Waals surface area contributed by atoms with Crippen molar-refractivity contribution in [3.8, 4) is 0 Å². The van der Waals surface area contributed by atoms with Crippen LogP contribution >= 0.6 is 11.8 Å². The average Bonchev–Trinajstić information content (AvgIpc) is 3.21. The fraction of sp³-hybridized carbons (Fsp3) is 0.391. The number of rotatable bonds is 5. The first-order valence-corrected chi connectivity index (χ1v) is 12.1. The summed E-state index contributed by atoms with van der Waals surface area (Å²) in [5, 5.41) is 9.73. The van der Waals surface area contributed by atoms with Crippen molar-refractivity contribution >= 4 is 35.0 Å². The molecule has 2 saturated heterocycles. The molecule has 3 aromatic rings. The third kappa shape index (κ3) is 4.69. The number of hydrogen-bond acceptors (Lipinski definition) is 9. The van der Waals surface area contributed by atoms with E-state index in [-0.39, 0.29) is 0 Å². The lowest BCUT2D eigenvalue weighted by Crippen LogP contribution is -2.64. The molecule has 0 amide bonds. The molecule has 6 rings (SSSR count). The van der Waals surface area contributed by atoms with Crippen molar-refractivity contribution in [1.29, 1.82) is 0 Å². The van der Waals surface area contributed by atoms with Gasteiger partial charge in [0.1, 0.15) is 29.6 Å². The van der Waals surface area contributed by atoms with Crippen LogP contribution in [0.5, 0.6) is 0 Å². The molecule has 0 atom stereocenters. The highest BCUT2D eigenvalue weighted by atomic mass is 32.2. The molecular weight excluding hydrogens is 422 g/mol. The summed E-state index contributed by atoms with van der Waals surface area (Å²) in [6.07, 6.45) is 8.69. The maximum atomic E-state index is 5.04. The van der Waals surface area contributed by atoms with Gasteiger partial charge in [0, 0.05) is 41.4 Å². The summed E-state index contributed by atoms with van der Waals surface area (Å²) in [6.45, 7) is 4.38. The normalized spacial score (nSPS) is 17.4. The Morgan fingerprint density at radius 3 is 2.53 bits per heavy atom. The molecule has 5 heterocycles. The Balaban J connectivity index is 0.000000259. The van der Waals surface area contributed by atoms with E-state index in [2.05, 4.69) is 42.0 Å². The molecule has 1 aliphatic carbocycles. The first kappa shape index (κ1) is 21.1. The molecule has 0 unspecified atom stereocenters. The molecule has 0 bridgehead atoms. The Morgan fingerprint density at radius 2 is 1.84 bits per heavy atom. The summed E-state index contributed by atoms with van der Waals surface area (Å²) in [4.78, 5) is 18.7. The molecule has 3 N–H and O–H groups in total. The number of anilines is 4. The fourth-order valence-corrected chi connectivity index (χ4v) is 4.47. The van der Waals surface area contributed by atoms with E-state index in [1.807, 2.05) is 30.5 Å². The largest absolute Gasteiger partial charge is 0.380 e. The number of pyridine rings is 2. The Hall–Kier alpha value is -2.75. The van der Waals surface area contributed by atoms with Crippen LogP contribution in [0.25, 0.3) is 0 Å². The summed E-state index contributed by atoms with van der Waals surface area (Å²) in [5.41, 5.74) is 3.16. The summed E-state index contributed by atoms with van der Waals surface area (Å²) in [6, 6.07) is 9.95. The van der Waals surface area contributed by atoms with Crippen molar-refractivity contribution in [2.45, 2.75) is 24.2 Å². The van der Waals surface area contributed by atoms with Crippen LogP contribution < -0.4 is 16.0 Å².